The third-order valence-electron chi connectivity index (χ3n) is 2.10. The van der Waals surface area contributed by atoms with Crippen molar-refractivity contribution in [1.29, 1.82) is 0 Å². The summed E-state index contributed by atoms with van der Waals surface area (Å²) in [7, 11) is 1.70. The van der Waals surface area contributed by atoms with Crippen LogP contribution in [0.15, 0.2) is 12.1 Å². The maximum atomic E-state index is 11.8. The molecule has 3 N–H and O–H groups in total. The van der Waals surface area contributed by atoms with Crippen LogP contribution in [0.5, 0.6) is 0 Å². The number of halogens is 1. The number of aromatic nitrogens is 1. The van der Waals surface area contributed by atoms with E-state index in [4.69, 9.17) is 11.6 Å². The van der Waals surface area contributed by atoms with Crippen LogP contribution in [0.2, 0.25) is 5.02 Å². The maximum absolute atomic E-state index is 11.8. The Labute approximate surface area is 110 Å². The van der Waals surface area contributed by atoms with Gasteiger partial charge in [-0.3, -0.25) is 9.59 Å². The SMILES string of the molecule is CNc1ccc(Cl)c(C(=O)NCCNC(C)=O)n1. The number of pyridine rings is 1. The lowest BCUT2D eigenvalue weighted by Gasteiger charge is -2.08. The first-order valence-corrected chi connectivity index (χ1v) is 5.79. The molecule has 2 amide bonds. The molecule has 0 aromatic carbocycles. The number of rotatable bonds is 5. The van der Waals surface area contributed by atoms with Crippen LogP contribution in [0.4, 0.5) is 5.82 Å². The topological polar surface area (TPSA) is 83.1 Å². The first-order valence-electron chi connectivity index (χ1n) is 5.41. The molecule has 0 unspecified atom stereocenters. The normalized spacial score (nSPS) is 9.72. The number of nitrogens with one attached hydrogen (secondary N) is 3. The molecule has 0 aliphatic carbocycles. The van der Waals surface area contributed by atoms with Crippen LogP contribution in [0.3, 0.4) is 0 Å². The zero-order chi connectivity index (χ0) is 13.5. The first kappa shape index (κ1) is 14.2. The van der Waals surface area contributed by atoms with Crippen LogP contribution in [0, 0.1) is 0 Å². The van der Waals surface area contributed by atoms with E-state index in [0.29, 0.717) is 18.9 Å². The summed E-state index contributed by atoms with van der Waals surface area (Å²) < 4.78 is 0. The van der Waals surface area contributed by atoms with Gasteiger partial charge in [0.2, 0.25) is 5.91 Å². The van der Waals surface area contributed by atoms with E-state index in [2.05, 4.69) is 20.9 Å². The summed E-state index contributed by atoms with van der Waals surface area (Å²) in [6.07, 6.45) is 0. The van der Waals surface area contributed by atoms with E-state index in [1.54, 1.807) is 19.2 Å². The highest BCUT2D eigenvalue weighted by atomic mass is 35.5. The quantitative estimate of drug-likeness (QED) is 0.686. The molecule has 0 radical (unpaired) electrons. The molecule has 0 spiro atoms. The van der Waals surface area contributed by atoms with E-state index in [-0.39, 0.29) is 22.5 Å². The second kappa shape index (κ2) is 6.80. The Morgan fingerprint density at radius 1 is 1.28 bits per heavy atom. The monoisotopic (exact) mass is 270 g/mol. The summed E-state index contributed by atoms with van der Waals surface area (Å²) >= 11 is 5.89. The fourth-order valence-electron chi connectivity index (χ4n) is 1.24. The van der Waals surface area contributed by atoms with Gasteiger partial charge in [-0.15, -0.1) is 0 Å². The van der Waals surface area contributed by atoms with E-state index in [9.17, 15) is 9.59 Å². The van der Waals surface area contributed by atoms with Crippen molar-refractivity contribution < 1.29 is 9.59 Å². The lowest BCUT2D eigenvalue weighted by atomic mass is 10.3. The number of nitrogens with zero attached hydrogens (tertiary/aromatic N) is 1. The molecular weight excluding hydrogens is 256 g/mol. The highest BCUT2D eigenvalue weighted by molar-refractivity contribution is 6.33. The van der Waals surface area contributed by atoms with E-state index < -0.39 is 0 Å². The minimum atomic E-state index is -0.373. The average molecular weight is 271 g/mol. The Balaban J connectivity index is 2.58. The number of anilines is 1. The van der Waals surface area contributed by atoms with Gasteiger partial charge < -0.3 is 16.0 Å². The summed E-state index contributed by atoms with van der Waals surface area (Å²) in [5.74, 6) is 0.0476. The number of amides is 2. The van der Waals surface area contributed by atoms with Crippen LogP contribution >= 0.6 is 11.6 Å². The zero-order valence-electron chi connectivity index (χ0n) is 10.2. The van der Waals surface area contributed by atoms with Crippen LogP contribution < -0.4 is 16.0 Å². The second-order valence-electron chi connectivity index (χ2n) is 3.52. The highest BCUT2D eigenvalue weighted by Crippen LogP contribution is 2.16. The molecular formula is C11H15ClN4O2. The van der Waals surface area contributed by atoms with E-state index in [1.807, 2.05) is 0 Å². The minimum Gasteiger partial charge on any atom is -0.373 e. The number of hydrogen-bond donors (Lipinski definition) is 3. The highest BCUT2D eigenvalue weighted by Gasteiger charge is 2.12. The molecule has 7 heteroatoms. The molecule has 0 aliphatic rings. The van der Waals surface area contributed by atoms with Crippen molar-refractivity contribution in [2.75, 3.05) is 25.5 Å². The third-order valence-corrected chi connectivity index (χ3v) is 2.41. The molecule has 0 bridgehead atoms. The van der Waals surface area contributed by atoms with Gasteiger partial charge in [0.25, 0.3) is 5.91 Å². The van der Waals surface area contributed by atoms with Crippen LogP contribution in [0.1, 0.15) is 17.4 Å². The summed E-state index contributed by atoms with van der Waals surface area (Å²) in [5, 5.41) is 8.30. The van der Waals surface area contributed by atoms with Crippen molar-refractivity contribution in [1.82, 2.24) is 15.6 Å². The molecule has 98 valence electrons. The van der Waals surface area contributed by atoms with Crippen molar-refractivity contribution in [3.05, 3.63) is 22.8 Å². The standard InChI is InChI=1S/C11H15ClN4O2/c1-7(17)14-5-6-15-11(18)10-8(12)3-4-9(13-2)16-10/h3-4H,5-6H2,1-2H3,(H,13,16)(H,14,17)(H,15,18). The Bertz CT molecular complexity index is 451. The largest absolute Gasteiger partial charge is 0.373 e. The Kier molecular flexibility index (Phi) is 5.38. The summed E-state index contributed by atoms with van der Waals surface area (Å²) in [6, 6.07) is 3.28. The molecule has 0 saturated heterocycles. The number of carbonyl (C=O) groups is 2. The van der Waals surface area contributed by atoms with Crippen molar-refractivity contribution in [3.8, 4) is 0 Å². The average Bonchev–Trinajstić information content (AvgIpc) is 2.34. The van der Waals surface area contributed by atoms with Gasteiger partial charge in [-0.1, -0.05) is 11.6 Å². The van der Waals surface area contributed by atoms with Gasteiger partial charge in [-0.25, -0.2) is 4.98 Å². The second-order valence-corrected chi connectivity index (χ2v) is 3.92. The molecule has 18 heavy (non-hydrogen) atoms. The van der Waals surface area contributed by atoms with Gasteiger partial charge in [0.05, 0.1) is 5.02 Å². The van der Waals surface area contributed by atoms with Crippen molar-refractivity contribution in [2.24, 2.45) is 0 Å². The molecule has 0 fully saturated rings. The predicted octanol–water partition coefficient (Wildman–Crippen LogP) is 0.643. The lowest BCUT2D eigenvalue weighted by molar-refractivity contribution is -0.118. The molecule has 0 aliphatic heterocycles. The first-order chi connectivity index (χ1) is 8.54. The molecule has 0 atom stereocenters. The molecule has 1 aromatic rings. The van der Waals surface area contributed by atoms with Crippen LogP contribution in [-0.2, 0) is 4.79 Å². The van der Waals surface area contributed by atoms with Gasteiger partial charge in [0.15, 0.2) is 0 Å². The molecule has 0 saturated carbocycles. The smallest absolute Gasteiger partial charge is 0.271 e. The Morgan fingerprint density at radius 3 is 2.56 bits per heavy atom. The number of carbonyl (C=O) groups excluding carboxylic acids is 2. The van der Waals surface area contributed by atoms with Gasteiger partial charge in [-0.2, -0.15) is 0 Å². The van der Waals surface area contributed by atoms with Gasteiger partial charge in [0, 0.05) is 27.1 Å². The Hall–Kier alpha value is -1.82. The minimum absolute atomic E-state index is 0.141. The molecule has 1 rings (SSSR count). The lowest BCUT2D eigenvalue weighted by Crippen LogP contribution is -2.34. The summed E-state index contributed by atoms with van der Waals surface area (Å²) in [6.45, 7) is 2.10. The van der Waals surface area contributed by atoms with Crippen LogP contribution in [0.25, 0.3) is 0 Å². The van der Waals surface area contributed by atoms with Crippen LogP contribution in [-0.4, -0.2) is 36.9 Å². The van der Waals surface area contributed by atoms with E-state index >= 15 is 0 Å². The van der Waals surface area contributed by atoms with Gasteiger partial charge in [0.1, 0.15) is 11.5 Å². The molecule has 6 nitrogen and oxygen atoms in total. The van der Waals surface area contributed by atoms with Crippen molar-refractivity contribution in [2.45, 2.75) is 6.92 Å². The summed E-state index contributed by atoms with van der Waals surface area (Å²) in [5.41, 5.74) is 0.159. The summed E-state index contributed by atoms with van der Waals surface area (Å²) in [4.78, 5) is 26.5. The van der Waals surface area contributed by atoms with Crippen molar-refractivity contribution >= 4 is 29.2 Å². The van der Waals surface area contributed by atoms with E-state index in [1.165, 1.54) is 6.92 Å². The van der Waals surface area contributed by atoms with Crippen molar-refractivity contribution in [3.63, 3.8) is 0 Å². The molecule has 1 aromatic heterocycles. The number of hydrogen-bond acceptors (Lipinski definition) is 4. The zero-order valence-corrected chi connectivity index (χ0v) is 11.0. The maximum Gasteiger partial charge on any atom is 0.271 e. The Morgan fingerprint density at radius 2 is 1.94 bits per heavy atom. The van der Waals surface area contributed by atoms with Gasteiger partial charge >= 0.3 is 0 Å². The fraction of sp³-hybridized carbons (Fsp3) is 0.364. The van der Waals surface area contributed by atoms with E-state index in [0.717, 1.165) is 0 Å². The van der Waals surface area contributed by atoms with Gasteiger partial charge in [-0.05, 0) is 12.1 Å². The predicted molar refractivity (Wildman–Crippen MR) is 69.8 cm³/mol. The third kappa shape index (κ3) is 4.21. The molecule has 1 heterocycles. The fourth-order valence-corrected chi connectivity index (χ4v) is 1.43.